The predicted molar refractivity (Wildman–Crippen MR) is 90.4 cm³/mol. The summed E-state index contributed by atoms with van der Waals surface area (Å²) in [6, 6.07) is 7.58. The third-order valence-electron chi connectivity index (χ3n) is 2.56. The minimum absolute atomic E-state index is 0.245. The third kappa shape index (κ3) is 5.45. The Balaban J connectivity index is 0.000000541. The molecule has 0 aromatic carbocycles. The van der Waals surface area contributed by atoms with E-state index in [-0.39, 0.29) is 5.82 Å². The van der Waals surface area contributed by atoms with Crippen molar-refractivity contribution in [2.45, 2.75) is 26.3 Å². The van der Waals surface area contributed by atoms with Crippen LogP contribution in [0.3, 0.4) is 0 Å². The maximum absolute atomic E-state index is 5.80. The van der Waals surface area contributed by atoms with E-state index in [4.69, 9.17) is 27.7 Å². The van der Waals surface area contributed by atoms with Crippen LogP contribution in [-0.2, 0) is 6.42 Å². The van der Waals surface area contributed by atoms with Gasteiger partial charge in [-0.3, -0.25) is 0 Å². The van der Waals surface area contributed by atoms with Crippen molar-refractivity contribution in [2.24, 2.45) is 5.73 Å². The van der Waals surface area contributed by atoms with E-state index in [1.807, 2.05) is 26.0 Å². The molecule has 2 aromatic rings. The van der Waals surface area contributed by atoms with Crippen LogP contribution < -0.4 is 27.7 Å². The molecular formula is C15H24N6O. The summed E-state index contributed by atoms with van der Waals surface area (Å²) in [5.74, 6) is 1.17. The maximum atomic E-state index is 5.80. The van der Waals surface area contributed by atoms with Crippen LogP contribution in [0.2, 0.25) is 0 Å². The second-order valence-corrected chi connectivity index (χ2v) is 5.10. The van der Waals surface area contributed by atoms with Crippen LogP contribution in [0.5, 0.6) is 5.88 Å². The van der Waals surface area contributed by atoms with E-state index >= 15 is 0 Å². The summed E-state index contributed by atoms with van der Waals surface area (Å²) in [6.07, 6.45) is 0.528. The van der Waals surface area contributed by atoms with Gasteiger partial charge in [0.15, 0.2) is 0 Å². The molecule has 0 spiro atoms. The van der Waals surface area contributed by atoms with Crippen molar-refractivity contribution in [3.63, 3.8) is 0 Å². The zero-order valence-corrected chi connectivity index (χ0v) is 13.2. The molecule has 0 aliphatic carbocycles. The van der Waals surface area contributed by atoms with Crippen LogP contribution in [0.4, 0.5) is 17.3 Å². The van der Waals surface area contributed by atoms with Gasteiger partial charge >= 0.3 is 0 Å². The lowest BCUT2D eigenvalue weighted by Gasteiger charge is -2.08. The van der Waals surface area contributed by atoms with Gasteiger partial charge in [0.1, 0.15) is 11.6 Å². The number of methoxy groups -OCH3 is 1. The van der Waals surface area contributed by atoms with Gasteiger partial charge in [0.05, 0.1) is 12.8 Å². The van der Waals surface area contributed by atoms with Crippen molar-refractivity contribution in [3.8, 4) is 5.88 Å². The molecule has 0 fully saturated rings. The summed E-state index contributed by atoms with van der Waals surface area (Å²) < 4.78 is 5.06. The molecule has 7 heteroatoms. The molecule has 8 N–H and O–H groups in total. The fraction of sp³-hybridized carbons (Fsp3) is 0.333. The van der Waals surface area contributed by atoms with Gasteiger partial charge in [-0.05, 0) is 18.2 Å². The van der Waals surface area contributed by atoms with Crippen molar-refractivity contribution in [1.82, 2.24) is 9.97 Å². The van der Waals surface area contributed by atoms with Crippen molar-refractivity contribution in [3.05, 3.63) is 35.5 Å². The van der Waals surface area contributed by atoms with Gasteiger partial charge in [-0.25, -0.2) is 9.97 Å². The Labute approximate surface area is 130 Å². The number of nitrogen functional groups attached to an aromatic ring is 3. The number of hydrogen-bond acceptors (Lipinski definition) is 7. The lowest BCUT2D eigenvalue weighted by atomic mass is 10.1. The molecule has 0 atom stereocenters. The molecule has 22 heavy (non-hydrogen) atoms. The number of nitrogens with zero attached hydrogens (tertiary/aromatic N) is 2. The number of nitrogens with two attached hydrogens (primary N) is 4. The molecule has 2 aromatic heterocycles. The summed E-state index contributed by atoms with van der Waals surface area (Å²) >= 11 is 0. The Hall–Kier alpha value is -2.54. The van der Waals surface area contributed by atoms with Crippen LogP contribution in [0, 0.1) is 0 Å². The van der Waals surface area contributed by atoms with Gasteiger partial charge in [-0.2, -0.15) is 0 Å². The van der Waals surface area contributed by atoms with Crippen LogP contribution in [0.25, 0.3) is 0 Å². The van der Waals surface area contributed by atoms with E-state index in [2.05, 4.69) is 9.97 Å². The molecule has 0 aliphatic heterocycles. The predicted octanol–water partition coefficient (Wildman–Crippen LogP) is 1.18. The summed E-state index contributed by atoms with van der Waals surface area (Å²) in [7, 11) is 1.57. The molecule has 0 amide bonds. The van der Waals surface area contributed by atoms with Gasteiger partial charge in [-0.1, -0.05) is 19.9 Å². The number of hydrogen-bond donors (Lipinski definition) is 4. The summed E-state index contributed by atoms with van der Waals surface area (Å²) in [4.78, 5) is 8.29. The standard InChI is InChI=1S/C12H15N5O.C3H9N/c1-18-10-4-2-3-8(16-10)5-7-6-9(13)12(15)17-11(7)14;1-3(2)4/h2-4,6H,5,13H2,1H3,(H4,14,15,17);3H,4H2,1-2H3. The smallest absolute Gasteiger partial charge is 0.213 e. The molecule has 2 rings (SSSR count). The number of anilines is 3. The largest absolute Gasteiger partial charge is 0.481 e. The van der Waals surface area contributed by atoms with E-state index < -0.39 is 0 Å². The lowest BCUT2D eigenvalue weighted by molar-refractivity contribution is 0.396. The summed E-state index contributed by atoms with van der Waals surface area (Å²) in [5.41, 5.74) is 24.2. The summed E-state index contributed by atoms with van der Waals surface area (Å²) in [6.45, 7) is 3.89. The van der Waals surface area contributed by atoms with Crippen LogP contribution in [0.15, 0.2) is 24.3 Å². The number of aromatic nitrogens is 2. The first kappa shape index (κ1) is 17.5. The molecule has 0 saturated heterocycles. The van der Waals surface area contributed by atoms with Gasteiger partial charge < -0.3 is 27.7 Å². The molecular weight excluding hydrogens is 280 g/mol. The second-order valence-electron chi connectivity index (χ2n) is 5.10. The summed E-state index contributed by atoms with van der Waals surface area (Å²) in [5, 5.41) is 0. The number of pyridine rings is 2. The molecule has 0 bridgehead atoms. The van der Waals surface area contributed by atoms with Gasteiger partial charge in [-0.15, -0.1) is 0 Å². The highest BCUT2D eigenvalue weighted by atomic mass is 16.5. The average molecular weight is 304 g/mol. The van der Waals surface area contributed by atoms with E-state index in [1.165, 1.54) is 0 Å². The fourth-order valence-electron chi connectivity index (χ4n) is 1.61. The lowest BCUT2D eigenvalue weighted by Crippen LogP contribution is -2.06. The fourth-order valence-corrected chi connectivity index (χ4v) is 1.61. The van der Waals surface area contributed by atoms with Crippen LogP contribution in [-0.4, -0.2) is 23.1 Å². The van der Waals surface area contributed by atoms with Gasteiger partial charge in [0, 0.05) is 23.7 Å². The van der Waals surface area contributed by atoms with Crippen molar-refractivity contribution >= 4 is 17.3 Å². The van der Waals surface area contributed by atoms with E-state index in [0.717, 1.165) is 11.3 Å². The molecule has 0 aliphatic rings. The molecule has 2 heterocycles. The minimum atomic E-state index is 0.245. The Morgan fingerprint density at radius 2 is 1.73 bits per heavy atom. The molecule has 0 unspecified atom stereocenters. The van der Waals surface area contributed by atoms with Crippen molar-refractivity contribution in [1.29, 1.82) is 0 Å². The van der Waals surface area contributed by atoms with E-state index in [0.29, 0.717) is 29.8 Å². The first-order valence-electron chi connectivity index (χ1n) is 6.89. The monoisotopic (exact) mass is 304 g/mol. The van der Waals surface area contributed by atoms with E-state index in [1.54, 1.807) is 19.2 Å². The topological polar surface area (TPSA) is 139 Å². The first-order valence-corrected chi connectivity index (χ1v) is 6.89. The highest BCUT2D eigenvalue weighted by molar-refractivity contribution is 5.64. The molecule has 0 saturated carbocycles. The number of rotatable bonds is 3. The van der Waals surface area contributed by atoms with Crippen LogP contribution in [0.1, 0.15) is 25.1 Å². The van der Waals surface area contributed by atoms with Gasteiger partial charge in [0.2, 0.25) is 5.88 Å². The molecule has 0 radical (unpaired) electrons. The Kier molecular flexibility index (Phi) is 6.40. The Morgan fingerprint density at radius 1 is 1.09 bits per heavy atom. The normalized spacial score (nSPS) is 10.0. The van der Waals surface area contributed by atoms with E-state index in [9.17, 15) is 0 Å². The zero-order valence-electron chi connectivity index (χ0n) is 13.2. The number of ether oxygens (including phenoxy) is 1. The molecule has 120 valence electrons. The van der Waals surface area contributed by atoms with Crippen molar-refractivity contribution in [2.75, 3.05) is 24.3 Å². The van der Waals surface area contributed by atoms with Crippen LogP contribution >= 0.6 is 0 Å². The van der Waals surface area contributed by atoms with Gasteiger partial charge in [0.25, 0.3) is 0 Å². The SMILES string of the molecule is CC(C)N.COc1cccc(Cc2cc(N)c(N)nc2N)n1. The highest BCUT2D eigenvalue weighted by Gasteiger charge is 2.07. The highest BCUT2D eigenvalue weighted by Crippen LogP contribution is 2.21. The maximum Gasteiger partial charge on any atom is 0.213 e. The minimum Gasteiger partial charge on any atom is -0.481 e. The third-order valence-corrected chi connectivity index (χ3v) is 2.56. The quantitative estimate of drug-likeness (QED) is 0.667. The van der Waals surface area contributed by atoms with Crippen molar-refractivity contribution < 1.29 is 4.74 Å². The average Bonchev–Trinajstić information content (AvgIpc) is 2.44. The zero-order chi connectivity index (χ0) is 16.7. The molecule has 7 nitrogen and oxygen atoms in total. The second kappa shape index (κ2) is 8.04. The first-order chi connectivity index (χ1) is 10.3. The Bertz CT molecular complexity index is 612. The Morgan fingerprint density at radius 3 is 2.32 bits per heavy atom.